The summed E-state index contributed by atoms with van der Waals surface area (Å²) in [6.45, 7) is 4.15. The molecule has 0 aromatic heterocycles. The zero-order valence-electron chi connectivity index (χ0n) is 32.9. The molecule has 2 unspecified atom stereocenters. The van der Waals surface area contributed by atoms with E-state index in [9.17, 15) is 15.0 Å². The van der Waals surface area contributed by atoms with Crippen molar-refractivity contribution < 1.29 is 15.0 Å². The van der Waals surface area contributed by atoms with Crippen molar-refractivity contribution in [2.75, 3.05) is 6.61 Å². The van der Waals surface area contributed by atoms with Gasteiger partial charge in [0, 0.05) is 6.42 Å². The Hall–Kier alpha value is -2.17. The number of aliphatic hydroxyl groups is 2. The Morgan fingerprint density at radius 3 is 1.32 bits per heavy atom. The number of carbonyl (C=O) groups is 1. The maximum absolute atomic E-state index is 12.3. The van der Waals surface area contributed by atoms with Gasteiger partial charge in [-0.1, -0.05) is 196 Å². The van der Waals surface area contributed by atoms with Crippen LogP contribution in [0, 0.1) is 0 Å². The zero-order chi connectivity index (χ0) is 36.4. The summed E-state index contributed by atoms with van der Waals surface area (Å²) in [5.41, 5.74) is 0. The SMILES string of the molecule is CC/C=C\C/C=C\C/C=C\C/C=C\C/C=C\C/C=C\CCCCCCCCCCCCCCCCC(=O)NC(CO)C(O)CCCCCCC. The molecule has 0 rings (SSSR count). The van der Waals surface area contributed by atoms with Crippen LogP contribution in [0.5, 0.6) is 0 Å². The first-order chi connectivity index (χ1) is 24.7. The summed E-state index contributed by atoms with van der Waals surface area (Å²) in [5.74, 6) is -0.0426. The molecular weight excluding hydrogens is 615 g/mol. The van der Waals surface area contributed by atoms with Crippen molar-refractivity contribution in [2.45, 2.75) is 206 Å². The van der Waals surface area contributed by atoms with E-state index < -0.39 is 12.1 Å². The lowest BCUT2D eigenvalue weighted by molar-refractivity contribution is -0.123. The fourth-order valence-electron chi connectivity index (χ4n) is 6.01. The van der Waals surface area contributed by atoms with E-state index in [0.29, 0.717) is 12.8 Å². The van der Waals surface area contributed by atoms with Crippen LogP contribution >= 0.6 is 0 Å². The van der Waals surface area contributed by atoms with Crippen molar-refractivity contribution >= 4 is 5.91 Å². The van der Waals surface area contributed by atoms with E-state index in [1.807, 2.05) is 0 Å². The van der Waals surface area contributed by atoms with E-state index in [2.05, 4.69) is 92.1 Å². The van der Waals surface area contributed by atoms with E-state index in [1.54, 1.807) is 0 Å². The lowest BCUT2D eigenvalue weighted by atomic mass is 10.0. The minimum atomic E-state index is -0.657. The highest BCUT2D eigenvalue weighted by Gasteiger charge is 2.19. The molecule has 0 aromatic rings. The first-order valence-corrected chi connectivity index (χ1v) is 21.1. The van der Waals surface area contributed by atoms with Crippen molar-refractivity contribution in [1.29, 1.82) is 0 Å². The van der Waals surface area contributed by atoms with Crippen molar-refractivity contribution in [3.05, 3.63) is 72.9 Å². The average molecular weight is 696 g/mol. The van der Waals surface area contributed by atoms with E-state index in [-0.39, 0.29) is 12.5 Å². The number of hydrogen-bond acceptors (Lipinski definition) is 3. The van der Waals surface area contributed by atoms with Crippen LogP contribution in [-0.4, -0.2) is 34.9 Å². The Labute approximate surface area is 310 Å². The van der Waals surface area contributed by atoms with Gasteiger partial charge in [-0.05, 0) is 64.2 Å². The molecule has 0 aliphatic carbocycles. The van der Waals surface area contributed by atoms with Gasteiger partial charge in [0.25, 0.3) is 0 Å². The Morgan fingerprint density at radius 2 is 0.880 bits per heavy atom. The Balaban J connectivity index is 3.46. The highest BCUT2D eigenvalue weighted by Crippen LogP contribution is 2.14. The number of aliphatic hydroxyl groups excluding tert-OH is 2. The fraction of sp³-hybridized carbons (Fsp3) is 0.717. The third-order valence-corrected chi connectivity index (χ3v) is 9.23. The number of hydrogen-bond donors (Lipinski definition) is 3. The van der Waals surface area contributed by atoms with Gasteiger partial charge < -0.3 is 15.5 Å². The van der Waals surface area contributed by atoms with Gasteiger partial charge in [-0.25, -0.2) is 0 Å². The van der Waals surface area contributed by atoms with Gasteiger partial charge >= 0.3 is 0 Å². The lowest BCUT2D eigenvalue weighted by Gasteiger charge is -2.22. The maximum atomic E-state index is 12.3. The van der Waals surface area contributed by atoms with E-state index >= 15 is 0 Å². The topological polar surface area (TPSA) is 69.6 Å². The summed E-state index contributed by atoms with van der Waals surface area (Å²) < 4.78 is 0. The van der Waals surface area contributed by atoms with Gasteiger partial charge in [0.05, 0.1) is 18.8 Å². The minimum Gasteiger partial charge on any atom is -0.394 e. The second kappa shape index (κ2) is 41.3. The first kappa shape index (κ1) is 47.8. The standard InChI is InChI=1S/C46H81NO3/c1-3-5-7-9-10-11-12-13-14-15-16-17-18-19-20-21-22-23-24-25-26-27-28-29-30-31-32-33-34-35-36-38-40-42-46(50)47-44(43-48)45(49)41-39-37-8-6-4-2/h5,7,10-11,13-14,16-17,19-20,22-23,44-45,48-49H,3-4,6,8-9,12,15,18,21,24-43H2,1-2H3,(H,47,50)/b7-5-,11-10-,14-13-,17-16-,20-19-,23-22-. The lowest BCUT2D eigenvalue weighted by Crippen LogP contribution is -2.45. The van der Waals surface area contributed by atoms with Crippen LogP contribution in [0.3, 0.4) is 0 Å². The molecule has 4 heteroatoms. The third-order valence-electron chi connectivity index (χ3n) is 9.23. The summed E-state index contributed by atoms with van der Waals surface area (Å²) in [6.07, 6.45) is 58.7. The van der Waals surface area contributed by atoms with Crippen LogP contribution in [0.4, 0.5) is 0 Å². The van der Waals surface area contributed by atoms with Gasteiger partial charge in [0.1, 0.15) is 0 Å². The second-order valence-corrected chi connectivity index (χ2v) is 14.0. The number of allylic oxidation sites excluding steroid dienone is 12. The molecule has 3 N–H and O–H groups in total. The molecule has 0 saturated heterocycles. The molecule has 0 aliphatic heterocycles. The summed E-state index contributed by atoms with van der Waals surface area (Å²) in [6, 6.07) is -0.535. The summed E-state index contributed by atoms with van der Waals surface area (Å²) in [4.78, 5) is 12.3. The number of rotatable bonds is 37. The highest BCUT2D eigenvalue weighted by atomic mass is 16.3. The summed E-state index contributed by atoms with van der Waals surface area (Å²) in [7, 11) is 0. The number of carbonyl (C=O) groups excluding carboxylic acids is 1. The van der Waals surface area contributed by atoms with E-state index in [0.717, 1.165) is 64.2 Å². The number of amides is 1. The Kier molecular flexibility index (Phi) is 39.5. The zero-order valence-corrected chi connectivity index (χ0v) is 32.9. The van der Waals surface area contributed by atoms with Crippen molar-refractivity contribution in [2.24, 2.45) is 0 Å². The fourth-order valence-corrected chi connectivity index (χ4v) is 6.01. The molecule has 1 amide bonds. The maximum Gasteiger partial charge on any atom is 0.220 e. The molecule has 0 radical (unpaired) electrons. The van der Waals surface area contributed by atoms with Crippen LogP contribution < -0.4 is 5.32 Å². The van der Waals surface area contributed by atoms with Crippen LogP contribution in [-0.2, 0) is 4.79 Å². The third kappa shape index (κ3) is 37.1. The molecule has 0 aliphatic rings. The van der Waals surface area contributed by atoms with Crippen molar-refractivity contribution in [1.82, 2.24) is 5.32 Å². The molecular formula is C46H81NO3. The van der Waals surface area contributed by atoms with Crippen LogP contribution in [0.15, 0.2) is 72.9 Å². The smallest absolute Gasteiger partial charge is 0.220 e. The van der Waals surface area contributed by atoms with Crippen LogP contribution in [0.2, 0.25) is 0 Å². The number of nitrogens with one attached hydrogen (secondary N) is 1. The molecule has 0 fully saturated rings. The molecule has 0 spiro atoms. The van der Waals surface area contributed by atoms with Gasteiger partial charge in [-0.3, -0.25) is 4.79 Å². The molecule has 0 heterocycles. The highest BCUT2D eigenvalue weighted by molar-refractivity contribution is 5.76. The average Bonchev–Trinajstić information content (AvgIpc) is 3.12. The molecule has 4 nitrogen and oxygen atoms in total. The van der Waals surface area contributed by atoms with Crippen molar-refractivity contribution in [3.63, 3.8) is 0 Å². The Morgan fingerprint density at radius 1 is 0.500 bits per heavy atom. The van der Waals surface area contributed by atoms with Crippen molar-refractivity contribution in [3.8, 4) is 0 Å². The van der Waals surface area contributed by atoms with Crippen LogP contribution in [0.25, 0.3) is 0 Å². The quantitative estimate of drug-likeness (QED) is 0.0447. The first-order valence-electron chi connectivity index (χ1n) is 21.1. The second-order valence-electron chi connectivity index (χ2n) is 14.0. The van der Waals surface area contributed by atoms with Gasteiger partial charge in [0.2, 0.25) is 5.91 Å². The predicted octanol–water partition coefficient (Wildman–Crippen LogP) is 13.1. The molecule has 0 aromatic carbocycles. The number of unbranched alkanes of at least 4 members (excludes halogenated alkanes) is 18. The molecule has 0 saturated carbocycles. The molecule has 288 valence electrons. The van der Waals surface area contributed by atoms with Gasteiger partial charge in [0.15, 0.2) is 0 Å². The monoisotopic (exact) mass is 696 g/mol. The minimum absolute atomic E-state index is 0.0426. The molecule has 2 atom stereocenters. The predicted molar refractivity (Wildman–Crippen MR) is 220 cm³/mol. The van der Waals surface area contributed by atoms with Gasteiger partial charge in [-0.15, -0.1) is 0 Å². The molecule has 0 bridgehead atoms. The largest absolute Gasteiger partial charge is 0.394 e. The Bertz CT molecular complexity index is 884. The van der Waals surface area contributed by atoms with Crippen LogP contribution in [0.1, 0.15) is 194 Å². The normalized spacial score (nSPS) is 13.8. The summed E-state index contributed by atoms with van der Waals surface area (Å²) in [5, 5.41) is 22.8. The summed E-state index contributed by atoms with van der Waals surface area (Å²) >= 11 is 0. The van der Waals surface area contributed by atoms with E-state index in [1.165, 1.54) is 103 Å². The van der Waals surface area contributed by atoms with E-state index in [4.69, 9.17) is 0 Å². The van der Waals surface area contributed by atoms with Gasteiger partial charge in [-0.2, -0.15) is 0 Å². The molecule has 50 heavy (non-hydrogen) atoms.